The van der Waals surface area contributed by atoms with Gasteiger partial charge in [0.25, 0.3) is 0 Å². The topological polar surface area (TPSA) is 87.9 Å². The molecule has 0 aliphatic rings. The Morgan fingerprint density at radius 3 is 2.61 bits per heavy atom. The van der Waals surface area contributed by atoms with E-state index in [0.29, 0.717) is 11.9 Å². The van der Waals surface area contributed by atoms with Gasteiger partial charge < -0.3 is 15.0 Å². The molecule has 0 aliphatic carbocycles. The summed E-state index contributed by atoms with van der Waals surface area (Å²) in [6, 6.07) is 15.2. The van der Waals surface area contributed by atoms with Crippen LogP contribution in [-0.4, -0.2) is 31.2 Å². The number of aromatic hydroxyl groups is 1. The van der Waals surface area contributed by atoms with E-state index in [2.05, 4.69) is 25.6 Å². The molecule has 142 valence electrons. The molecule has 0 radical (unpaired) electrons. The van der Waals surface area contributed by atoms with Crippen molar-refractivity contribution in [2.24, 2.45) is 7.05 Å². The van der Waals surface area contributed by atoms with Crippen LogP contribution in [-0.2, 0) is 13.5 Å². The van der Waals surface area contributed by atoms with E-state index in [9.17, 15) is 5.11 Å². The van der Waals surface area contributed by atoms with Gasteiger partial charge in [-0.05, 0) is 43.2 Å². The fraction of sp³-hybridized carbons (Fsp3) is 0.190. The van der Waals surface area contributed by atoms with Crippen molar-refractivity contribution in [3.05, 3.63) is 65.9 Å². The molecule has 7 nitrogen and oxygen atoms in total. The van der Waals surface area contributed by atoms with Crippen LogP contribution in [0.2, 0.25) is 0 Å². The lowest BCUT2D eigenvalue weighted by molar-refractivity contribution is 0.475. The van der Waals surface area contributed by atoms with Gasteiger partial charge in [-0.3, -0.25) is 5.32 Å². The highest BCUT2D eigenvalue weighted by Crippen LogP contribution is 2.21. The molecule has 3 N–H and O–H groups in total. The van der Waals surface area contributed by atoms with Crippen molar-refractivity contribution in [2.75, 3.05) is 17.2 Å². The van der Waals surface area contributed by atoms with Gasteiger partial charge >= 0.3 is 0 Å². The molecule has 0 aliphatic heterocycles. The van der Waals surface area contributed by atoms with Crippen LogP contribution in [0.1, 0.15) is 11.1 Å². The minimum absolute atomic E-state index is 0.279. The number of phenolic OH excluding ortho intramolecular Hbond substituents is 1. The van der Waals surface area contributed by atoms with Gasteiger partial charge in [0.1, 0.15) is 11.6 Å². The molecule has 0 saturated heterocycles. The highest BCUT2D eigenvalue weighted by Gasteiger charge is 2.10. The molecule has 0 atom stereocenters. The summed E-state index contributed by atoms with van der Waals surface area (Å²) in [4.78, 5) is 13.6. The highest BCUT2D eigenvalue weighted by molar-refractivity contribution is 5.79. The highest BCUT2D eigenvalue weighted by atomic mass is 16.3. The maximum atomic E-state index is 9.37. The van der Waals surface area contributed by atoms with E-state index in [0.717, 1.165) is 40.9 Å². The van der Waals surface area contributed by atoms with E-state index in [1.807, 2.05) is 54.9 Å². The summed E-state index contributed by atoms with van der Waals surface area (Å²) in [6.45, 7) is 2.70. The molecule has 0 amide bonds. The lowest BCUT2D eigenvalue weighted by Gasteiger charge is -2.11. The maximum Gasteiger partial charge on any atom is 0.231 e. The van der Waals surface area contributed by atoms with Gasteiger partial charge in [-0.15, -0.1) is 0 Å². The first-order valence-electron chi connectivity index (χ1n) is 9.14. The monoisotopic (exact) mass is 374 g/mol. The number of rotatable bonds is 6. The predicted molar refractivity (Wildman–Crippen MR) is 111 cm³/mol. The zero-order valence-corrected chi connectivity index (χ0v) is 15.8. The molecule has 7 heteroatoms. The Morgan fingerprint density at radius 1 is 1.04 bits per heavy atom. The van der Waals surface area contributed by atoms with E-state index >= 15 is 0 Å². The normalized spacial score (nSPS) is 10.9. The first-order valence-corrected chi connectivity index (χ1v) is 9.14. The quantitative estimate of drug-likeness (QED) is 0.476. The van der Waals surface area contributed by atoms with Crippen LogP contribution in [0.4, 0.5) is 17.7 Å². The number of nitrogens with zero attached hydrogens (tertiary/aromatic N) is 4. The van der Waals surface area contributed by atoms with Crippen molar-refractivity contribution in [1.29, 1.82) is 0 Å². The molecular formula is C21H22N6O. The van der Waals surface area contributed by atoms with Crippen LogP contribution in [0.3, 0.4) is 0 Å². The maximum absolute atomic E-state index is 9.37. The Labute approximate surface area is 163 Å². The average Bonchev–Trinajstić information content (AvgIpc) is 3.01. The molecule has 28 heavy (non-hydrogen) atoms. The van der Waals surface area contributed by atoms with Crippen molar-refractivity contribution in [1.82, 2.24) is 19.5 Å². The van der Waals surface area contributed by atoms with Gasteiger partial charge in [-0.2, -0.15) is 4.98 Å². The Hall–Kier alpha value is -3.61. The number of hydrogen-bond acceptors (Lipinski definition) is 6. The fourth-order valence-electron chi connectivity index (χ4n) is 3.03. The van der Waals surface area contributed by atoms with E-state index < -0.39 is 0 Å². The third-order valence-corrected chi connectivity index (χ3v) is 4.62. The van der Waals surface area contributed by atoms with Crippen LogP contribution >= 0.6 is 0 Å². The van der Waals surface area contributed by atoms with Crippen LogP contribution in [0.15, 0.2) is 54.7 Å². The van der Waals surface area contributed by atoms with Crippen LogP contribution in [0.25, 0.3) is 11.0 Å². The van der Waals surface area contributed by atoms with Gasteiger partial charge in [-0.1, -0.05) is 24.3 Å². The summed E-state index contributed by atoms with van der Waals surface area (Å²) >= 11 is 0. The summed E-state index contributed by atoms with van der Waals surface area (Å²) in [5, 5.41) is 15.9. The van der Waals surface area contributed by atoms with Gasteiger partial charge in [-0.25, -0.2) is 9.97 Å². The van der Waals surface area contributed by atoms with Crippen LogP contribution in [0.5, 0.6) is 5.75 Å². The molecule has 0 bridgehead atoms. The first kappa shape index (κ1) is 17.8. The first-order chi connectivity index (χ1) is 13.6. The SMILES string of the molecule is Cc1cnc(Nc2nc3ccccc3n2C)nc1NCCc1ccc(O)cc1. The standard InChI is InChI=1S/C21H22N6O/c1-14-13-23-20(26-21-24-17-5-3-4-6-18(17)27(21)2)25-19(14)22-12-11-15-7-9-16(28)10-8-15/h3-10,13,28H,11-12H2,1-2H3,(H2,22,23,24,25,26). The molecule has 2 heterocycles. The van der Waals surface area contributed by atoms with Crippen molar-refractivity contribution in [3.8, 4) is 5.75 Å². The number of aromatic nitrogens is 4. The molecule has 0 unspecified atom stereocenters. The van der Waals surface area contributed by atoms with E-state index in [-0.39, 0.29) is 5.75 Å². The summed E-state index contributed by atoms with van der Waals surface area (Å²) in [6.07, 6.45) is 2.62. The van der Waals surface area contributed by atoms with E-state index in [4.69, 9.17) is 0 Å². The van der Waals surface area contributed by atoms with E-state index in [1.165, 1.54) is 0 Å². The number of anilines is 3. The second-order valence-electron chi connectivity index (χ2n) is 6.68. The van der Waals surface area contributed by atoms with E-state index in [1.54, 1.807) is 18.3 Å². The van der Waals surface area contributed by atoms with Gasteiger partial charge in [0.15, 0.2) is 0 Å². The zero-order valence-electron chi connectivity index (χ0n) is 15.8. The number of aryl methyl sites for hydroxylation is 2. The van der Waals surface area contributed by atoms with Crippen molar-refractivity contribution < 1.29 is 5.11 Å². The van der Waals surface area contributed by atoms with Gasteiger partial charge in [0.2, 0.25) is 11.9 Å². The molecule has 4 rings (SSSR count). The zero-order chi connectivity index (χ0) is 19.5. The molecule has 0 fully saturated rings. The van der Waals surface area contributed by atoms with Gasteiger partial charge in [0.05, 0.1) is 11.0 Å². The van der Waals surface area contributed by atoms with Crippen molar-refractivity contribution >= 4 is 28.7 Å². The Bertz CT molecular complexity index is 1100. The number of benzene rings is 2. The second-order valence-corrected chi connectivity index (χ2v) is 6.68. The number of nitrogens with one attached hydrogen (secondary N) is 2. The number of para-hydroxylation sites is 2. The average molecular weight is 374 g/mol. The molecule has 0 spiro atoms. The summed E-state index contributed by atoms with van der Waals surface area (Å²) in [7, 11) is 1.96. The second kappa shape index (κ2) is 7.56. The van der Waals surface area contributed by atoms with Crippen LogP contribution < -0.4 is 10.6 Å². The number of fused-ring (bicyclic) bond motifs is 1. The number of imidazole rings is 1. The Balaban J connectivity index is 1.47. The largest absolute Gasteiger partial charge is 0.508 e. The minimum Gasteiger partial charge on any atom is -0.508 e. The smallest absolute Gasteiger partial charge is 0.231 e. The Morgan fingerprint density at radius 2 is 1.82 bits per heavy atom. The third kappa shape index (κ3) is 3.73. The molecule has 2 aromatic heterocycles. The van der Waals surface area contributed by atoms with Crippen LogP contribution in [0, 0.1) is 6.92 Å². The van der Waals surface area contributed by atoms with Gasteiger partial charge in [0, 0.05) is 25.4 Å². The molecular weight excluding hydrogens is 352 g/mol. The predicted octanol–water partition coefficient (Wildman–Crippen LogP) is 3.78. The minimum atomic E-state index is 0.279. The summed E-state index contributed by atoms with van der Waals surface area (Å²) in [5.41, 5.74) is 4.09. The number of hydrogen-bond donors (Lipinski definition) is 3. The lowest BCUT2D eigenvalue weighted by Crippen LogP contribution is -2.10. The molecule has 0 saturated carbocycles. The molecule has 2 aromatic carbocycles. The summed E-state index contributed by atoms with van der Waals surface area (Å²) < 4.78 is 1.98. The lowest BCUT2D eigenvalue weighted by atomic mass is 10.1. The number of phenols is 1. The van der Waals surface area contributed by atoms with Crippen molar-refractivity contribution in [3.63, 3.8) is 0 Å². The fourth-order valence-corrected chi connectivity index (χ4v) is 3.03. The Kier molecular flexibility index (Phi) is 4.80. The van der Waals surface area contributed by atoms with Crippen molar-refractivity contribution in [2.45, 2.75) is 13.3 Å². The summed E-state index contributed by atoms with van der Waals surface area (Å²) in [5.74, 6) is 2.26. The third-order valence-electron chi connectivity index (χ3n) is 4.62. The molecule has 4 aromatic rings.